The zero-order valence-electron chi connectivity index (χ0n) is 18.9. The number of hydrogen-bond donors (Lipinski definition) is 3. The molecule has 35 heavy (non-hydrogen) atoms. The number of nitrogens with one attached hydrogen (secondary N) is 2. The summed E-state index contributed by atoms with van der Waals surface area (Å²) >= 11 is 5.05. The van der Waals surface area contributed by atoms with Crippen molar-refractivity contribution in [2.45, 2.75) is 12.5 Å². The van der Waals surface area contributed by atoms with Crippen LogP contribution in [0.3, 0.4) is 0 Å². The average Bonchev–Trinajstić information content (AvgIpc) is 3.38. The lowest BCUT2D eigenvalue weighted by Gasteiger charge is -2.36. The third-order valence-corrected chi connectivity index (χ3v) is 6.08. The third kappa shape index (κ3) is 5.65. The van der Waals surface area contributed by atoms with Crippen LogP contribution in [0.15, 0.2) is 42.6 Å². The number of benzene rings is 2. The van der Waals surface area contributed by atoms with Gasteiger partial charge in [0.2, 0.25) is 5.91 Å². The molecule has 1 aromatic heterocycles. The van der Waals surface area contributed by atoms with Crippen molar-refractivity contribution in [1.29, 1.82) is 0 Å². The Labute approximate surface area is 205 Å². The standard InChI is InChI=1S/C23H24F2N6O3S/c1-34-23(35)27-21(19-13-26-29-28-19)15-11-17(24)22(18(25)12-15)31-8-6-30(7-9-31)20(33)10-14-2-4-16(32)5-3-14/h2-5,11-13,21,32H,6-10H2,1H3,(H,27,35)(H,26,28,29). The van der Waals surface area contributed by atoms with Gasteiger partial charge in [0, 0.05) is 32.4 Å². The highest BCUT2D eigenvalue weighted by Gasteiger charge is 2.27. The Morgan fingerprint density at radius 3 is 2.43 bits per heavy atom. The van der Waals surface area contributed by atoms with Crippen LogP contribution in [0.25, 0.3) is 0 Å². The zero-order chi connectivity index (χ0) is 24.9. The largest absolute Gasteiger partial charge is 0.508 e. The number of rotatable bonds is 6. The normalized spacial score (nSPS) is 14.5. The first-order valence-corrected chi connectivity index (χ1v) is 11.3. The van der Waals surface area contributed by atoms with Gasteiger partial charge in [0.15, 0.2) is 0 Å². The molecule has 0 saturated carbocycles. The Hall–Kier alpha value is -3.80. The summed E-state index contributed by atoms with van der Waals surface area (Å²) in [6.07, 6.45) is 1.69. The fourth-order valence-electron chi connectivity index (χ4n) is 3.99. The minimum absolute atomic E-state index is 0.0379. The molecule has 3 N–H and O–H groups in total. The molecule has 0 radical (unpaired) electrons. The number of carbonyl (C=O) groups is 1. The van der Waals surface area contributed by atoms with E-state index in [0.29, 0.717) is 18.8 Å². The van der Waals surface area contributed by atoms with E-state index < -0.39 is 17.7 Å². The number of amides is 1. The molecule has 1 unspecified atom stereocenters. The lowest BCUT2D eigenvalue weighted by atomic mass is 10.0. The summed E-state index contributed by atoms with van der Waals surface area (Å²) in [5, 5.41) is 22.4. The number of aromatic nitrogens is 3. The molecular formula is C23H24F2N6O3S. The number of nitrogens with zero attached hydrogens (tertiary/aromatic N) is 4. The van der Waals surface area contributed by atoms with Gasteiger partial charge in [-0.15, -0.1) is 5.10 Å². The Kier molecular flexibility index (Phi) is 7.39. The van der Waals surface area contributed by atoms with Gasteiger partial charge in [-0.05, 0) is 47.6 Å². The maximum atomic E-state index is 15.2. The highest BCUT2D eigenvalue weighted by Crippen LogP contribution is 2.30. The van der Waals surface area contributed by atoms with Crippen molar-refractivity contribution in [3.63, 3.8) is 0 Å². The van der Waals surface area contributed by atoms with Crippen molar-refractivity contribution < 1.29 is 23.4 Å². The van der Waals surface area contributed by atoms with Crippen molar-refractivity contribution in [3.05, 3.63) is 71.1 Å². The van der Waals surface area contributed by atoms with Crippen LogP contribution >= 0.6 is 12.2 Å². The van der Waals surface area contributed by atoms with Crippen molar-refractivity contribution >= 4 is 29.0 Å². The van der Waals surface area contributed by atoms with Crippen LogP contribution in [0.4, 0.5) is 14.5 Å². The van der Waals surface area contributed by atoms with Gasteiger partial charge in [-0.25, -0.2) is 8.78 Å². The molecule has 1 aliphatic rings. The molecule has 0 bridgehead atoms. The van der Waals surface area contributed by atoms with Gasteiger partial charge >= 0.3 is 0 Å². The quantitative estimate of drug-likeness (QED) is 0.441. The molecule has 1 aliphatic heterocycles. The van der Waals surface area contributed by atoms with Gasteiger partial charge in [-0.1, -0.05) is 17.3 Å². The molecule has 3 aromatic rings. The molecule has 1 fully saturated rings. The van der Waals surface area contributed by atoms with Crippen LogP contribution in [-0.4, -0.2) is 69.8 Å². The number of halogens is 2. The van der Waals surface area contributed by atoms with Crippen molar-refractivity contribution in [3.8, 4) is 5.75 Å². The number of ether oxygens (including phenoxy) is 1. The zero-order valence-corrected chi connectivity index (χ0v) is 19.7. The van der Waals surface area contributed by atoms with E-state index in [4.69, 9.17) is 17.0 Å². The van der Waals surface area contributed by atoms with Crippen LogP contribution in [0, 0.1) is 11.6 Å². The minimum Gasteiger partial charge on any atom is -0.508 e. The number of thiocarbonyl (C=S) groups is 1. The van der Waals surface area contributed by atoms with E-state index in [-0.39, 0.29) is 47.6 Å². The highest BCUT2D eigenvalue weighted by atomic mass is 32.1. The molecule has 9 nitrogen and oxygen atoms in total. The van der Waals surface area contributed by atoms with Gasteiger partial charge in [-0.2, -0.15) is 0 Å². The lowest BCUT2D eigenvalue weighted by Crippen LogP contribution is -2.49. The molecule has 1 amide bonds. The first-order chi connectivity index (χ1) is 16.9. The van der Waals surface area contributed by atoms with E-state index in [1.165, 1.54) is 37.6 Å². The average molecular weight is 503 g/mol. The van der Waals surface area contributed by atoms with E-state index in [9.17, 15) is 9.90 Å². The molecule has 0 aliphatic carbocycles. The number of hydrogen-bond acceptors (Lipinski definition) is 7. The Balaban J connectivity index is 1.46. The smallest absolute Gasteiger partial charge is 0.257 e. The van der Waals surface area contributed by atoms with Gasteiger partial charge in [0.25, 0.3) is 5.17 Å². The number of aromatic amines is 1. The number of carbonyl (C=O) groups excluding carboxylic acids is 1. The first-order valence-electron chi connectivity index (χ1n) is 10.9. The van der Waals surface area contributed by atoms with Crippen molar-refractivity contribution in [2.24, 2.45) is 0 Å². The Morgan fingerprint density at radius 1 is 1.20 bits per heavy atom. The third-order valence-electron chi connectivity index (χ3n) is 5.79. The molecular weight excluding hydrogens is 478 g/mol. The topological polar surface area (TPSA) is 107 Å². The number of phenols is 1. The van der Waals surface area contributed by atoms with Crippen molar-refractivity contribution in [1.82, 2.24) is 25.6 Å². The van der Waals surface area contributed by atoms with Crippen LogP contribution in [0.2, 0.25) is 0 Å². The maximum absolute atomic E-state index is 15.2. The molecule has 0 spiro atoms. The Morgan fingerprint density at radius 2 is 1.86 bits per heavy atom. The molecule has 1 atom stereocenters. The predicted molar refractivity (Wildman–Crippen MR) is 128 cm³/mol. The second-order valence-electron chi connectivity index (χ2n) is 8.01. The molecule has 12 heteroatoms. The van der Waals surface area contributed by atoms with Gasteiger partial charge in [-0.3, -0.25) is 9.89 Å². The first kappa shape index (κ1) is 24.3. The highest BCUT2D eigenvalue weighted by molar-refractivity contribution is 7.80. The van der Waals surface area contributed by atoms with Crippen LogP contribution < -0.4 is 10.2 Å². The summed E-state index contributed by atoms with van der Waals surface area (Å²) in [6.45, 7) is 1.24. The number of anilines is 1. The van der Waals surface area contributed by atoms with E-state index in [2.05, 4.69) is 20.7 Å². The minimum atomic E-state index is -0.770. The fraction of sp³-hybridized carbons (Fsp3) is 0.304. The van der Waals surface area contributed by atoms with E-state index in [1.807, 2.05) is 0 Å². The summed E-state index contributed by atoms with van der Waals surface area (Å²) < 4.78 is 35.3. The van der Waals surface area contributed by atoms with Crippen LogP contribution in [0.5, 0.6) is 5.75 Å². The molecule has 184 valence electrons. The molecule has 2 heterocycles. The summed E-state index contributed by atoms with van der Waals surface area (Å²) in [7, 11) is 1.38. The SMILES string of the molecule is COC(=S)NC(c1cc(F)c(N2CCN(C(=O)Cc3ccc(O)cc3)CC2)c(F)c1)c1c[nH]nn1. The summed E-state index contributed by atoms with van der Waals surface area (Å²) in [4.78, 5) is 15.9. The second kappa shape index (κ2) is 10.6. The summed E-state index contributed by atoms with van der Waals surface area (Å²) in [6, 6.07) is 8.12. The summed E-state index contributed by atoms with van der Waals surface area (Å²) in [5.41, 5.74) is 1.29. The molecule has 1 saturated heterocycles. The number of methoxy groups -OCH3 is 1. The Bertz CT molecular complexity index is 1160. The summed E-state index contributed by atoms with van der Waals surface area (Å²) in [5.74, 6) is -1.42. The van der Waals surface area contributed by atoms with Gasteiger partial charge in [0.05, 0.1) is 13.5 Å². The fourth-order valence-corrected chi connectivity index (χ4v) is 4.11. The van der Waals surface area contributed by atoms with Gasteiger partial charge < -0.3 is 25.0 Å². The van der Waals surface area contributed by atoms with Crippen LogP contribution in [0.1, 0.15) is 22.9 Å². The van der Waals surface area contributed by atoms with E-state index in [1.54, 1.807) is 21.9 Å². The number of phenolic OH excluding ortho intramolecular Hbond substituents is 1. The van der Waals surface area contributed by atoms with E-state index in [0.717, 1.165) is 5.56 Å². The monoisotopic (exact) mass is 502 g/mol. The second-order valence-corrected chi connectivity index (χ2v) is 8.38. The number of aromatic hydroxyl groups is 1. The molecule has 2 aromatic carbocycles. The number of H-pyrrole nitrogens is 1. The number of piperazine rings is 1. The van der Waals surface area contributed by atoms with Crippen LogP contribution in [-0.2, 0) is 16.0 Å². The van der Waals surface area contributed by atoms with E-state index >= 15 is 8.78 Å². The lowest BCUT2D eigenvalue weighted by molar-refractivity contribution is -0.130. The predicted octanol–water partition coefficient (Wildman–Crippen LogP) is 2.29. The van der Waals surface area contributed by atoms with Gasteiger partial charge in [0.1, 0.15) is 34.8 Å². The molecule has 4 rings (SSSR count). The van der Waals surface area contributed by atoms with Crippen molar-refractivity contribution in [2.75, 3.05) is 38.2 Å². The maximum Gasteiger partial charge on any atom is 0.257 e.